The molecule has 2 saturated heterocycles. The Morgan fingerprint density at radius 1 is 1.31 bits per heavy atom. The van der Waals surface area contributed by atoms with Crippen LogP contribution in [0.3, 0.4) is 0 Å². The van der Waals surface area contributed by atoms with E-state index in [1.807, 2.05) is 13.3 Å². The highest BCUT2D eigenvalue weighted by atomic mass is 16.5. The molecule has 144 valence electrons. The van der Waals surface area contributed by atoms with Gasteiger partial charge in [-0.3, -0.25) is 0 Å². The van der Waals surface area contributed by atoms with Crippen LogP contribution in [0.15, 0.2) is 24.4 Å². The quantitative estimate of drug-likeness (QED) is 0.818. The van der Waals surface area contributed by atoms with E-state index in [1.54, 1.807) is 0 Å². The van der Waals surface area contributed by atoms with Crippen LogP contribution in [0.1, 0.15) is 43.2 Å². The SMILES string of the molecule is COC1CCN(c2ccc(/C(N)=C/NCC3CCCCO3)c(C)c2)CC1. The summed E-state index contributed by atoms with van der Waals surface area (Å²) in [5, 5.41) is 3.33. The van der Waals surface area contributed by atoms with Crippen LogP contribution in [-0.4, -0.2) is 45.6 Å². The average Bonchev–Trinajstić information content (AvgIpc) is 2.68. The van der Waals surface area contributed by atoms with Crippen LogP contribution >= 0.6 is 0 Å². The van der Waals surface area contributed by atoms with Crippen LogP contribution in [0.4, 0.5) is 5.69 Å². The van der Waals surface area contributed by atoms with E-state index in [9.17, 15) is 0 Å². The zero-order valence-corrected chi connectivity index (χ0v) is 16.2. The molecule has 0 bridgehead atoms. The van der Waals surface area contributed by atoms with Crippen molar-refractivity contribution < 1.29 is 9.47 Å². The van der Waals surface area contributed by atoms with Crippen LogP contribution in [0.2, 0.25) is 0 Å². The number of ether oxygens (including phenoxy) is 2. The second-order valence-electron chi connectivity index (χ2n) is 7.42. The van der Waals surface area contributed by atoms with E-state index in [4.69, 9.17) is 15.2 Å². The van der Waals surface area contributed by atoms with Gasteiger partial charge in [-0.15, -0.1) is 0 Å². The zero-order chi connectivity index (χ0) is 18.4. The number of rotatable bonds is 6. The minimum Gasteiger partial charge on any atom is -0.397 e. The first kappa shape index (κ1) is 19.1. The van der Waals surface area contributed by atoms with Crippen molar-refractivity contribution >= 4 is 11.4 Å². The fraction of sp³-hybridized carbons (Fsp3) is 0.619. The molecule has 2 aliphatic heterocycles. The van der Waals surface area contributed by atoms with Crippen molar-refractivity contribution in [1.29, 1.82) is 0 Å². The molecular weight excluding hydrogens is 326 g/mol. The third-order valence-corrected chi connectivity index (χ3v) is 5.54. The Morgan fingerprint density at radius 2 is 2.12 bits per heavy atom. The Labute approximate surface area is 157 Å². The van der Waals surface area contributed by atoms with Gasteiger partial charge < -0.3 is 25.4 Å². The number of nitrogens with two attached hydrogens (primary N) is 1. The maximum atomic E-state index is 6.30. The molecule has 0 amide bonds. The predicted octanol–water partition coefficient (Wildman–Crippen LogP) is 3.03. The van der Waals surface area contributed by atoms with E-state index in [0.717, 1.165) is 56.8 Å². The lowest BCUT2D eigenvalue weighted by Gasteiger charge is -2.33. The Kier molecular flexibility index (Phi) is 6.80. The minimum atomic E-state index is 0.311. The minimum absolute atomic E-state index is 0.311. The number of benzene rings is 1. The van der Waals surface area contributed by atoms with E-state index < -0.39 is 0 Å². The lowest BCUT2D eigenvalue weighted by molar-refractivity contribution is 0.0188. The van der Waals surface area contributed by atoms with Crippen LogP contribution in [-0.2, 0) is 9.47 Å². The summed E-state index contributed by atoms with van der Waals surface area (Å²) in [5.41, 5.74) is 10.7. The largest absolute Gasteiger partial charge is 0.397 e. The van der Waals surface area contributed by atoms with E-state index >= 15 is 0 Å². The van der Waals surface area contributed by atoms with Crippen molar-refractivity contribution in [3.63, 3.8) is 0 Å². The van der Waals surface area contributed by atoms with Gasteiger partial charge in [0.25, 0.3) is 0 Å². The lowest BCUT2D eigenvalue weighted by Crippen LogP contribution is -2.36. The molecule has 0 spiro atoms. The van der Waals surface area contributed by atoms with Gasteiger partial charge >= 0.3 is 0 Å². The molecule has 2 aliphatic rings. The van der Waals surface area contributed by atoms with Crippen molar-refractivity contribution in [1.82, 2.24) is 5.32 Å². The van der Waals surface area contributed by atoms with E-state index in [0.29, 0.717) is 12.2 Å². The number of methoxy groups -OCH3 is 1. The van der Waals surface area contributed by atoms with E-state index in [-0.39, 0.29) is 0 Å². The molecule has 1 aromatic carbocycles. The number of hydrogen-bond donors (Lipinski definition) is 2. The molecule has 2 fully saturated rings. The summed E-state index contributed by atoms with van der Waals surface area (Å²) in [6.45, 7) is 5.93. The molecule has 5 heteroatoms. The Balaban J connectivity index is 1.57. The van der Waals surface area contributed by atoms with E-state index in [1.165, 1.54) is 24.1 Å². The monoisotopic (exact) mass is 359 g/mol. The summed E-state index contributed by atoms with van der Waals surface area (Å²) in [6.07, 6.45) is 8.39. The smallest absolute Gasteiger partial charge is 0.0747 e. The van der Waals surface area contributed by atoms with Crippen molar-refractivity contribution in [2.24, 2.45) is 5.73 Å². The van der Waals surface area contributed by atoms with Crippen LogP contribution in [0, 0.1) is 6.92 Å². The summed E-state index contributed by atoms with van der Waals surface area (Å²) >= 11 is 0. The maximum absolute atomic E-state index is 6.30. The molecule has 1 unspecified atom stereocenters. The van der Waals surface area contributed by atoms with Gasteiger partial charge in [0, 0.05) is 50.8 Å². The molecule has 3 N–H and O–H groups in total. The van der Waals surface area contributed by atoms with Gasteiger partial charge in [0.15, 0.2) is 0 Å². The standard InChI is InChI=1S/C21H33N3O2/c1-16-13-17(24-10-8-18(25-2)9-11-24)6-7-20(16)21(22)15-23-14-19-5-3-4-12-26-19/h6-7,13,15,18-19,23H,3-5,8-12,14,22H2,1-2H3/b21-15-. The second kappa shape index (κ2) is 9.28. The number of piperidine rings is 1. The number of nitrogens with zero attached hydrogens (tertiary/aromatic N) is 1. The number of hydrogen-bond acceptors (Lipinski definition) is 5. The molecule has 26 heavy (non-hydrogen) atoms. The number of nitrogens with one attached hydrogen (secondary N) is 1. The fourth-order valence-electron chi connectivity index (χ4n) is 3.86. The van der Waals surface area contributed by atoms with Crippen LogP contribution in [0.25, 0.3) is 5.70 Å². The molecular formula is C21H33N3O2. The first-order chi connectivity index (χ1) is 12.7. The summed E-state index contributed by atoms with van der Waals surface area (Å²) in [6, 6.07) is 6.56. The van der Waals surface area contributed by atoms with Gasteiger partial charge in [0.2, 0.25) is 0 Å². The Bertz CT molecular complexity index is 603. The molecule has 0 radical (unpaired) electrons. The highest BCUT2D eigenvalue weighted by Gasteiger charge is 2.19. The third-order valence-electron chi connectivity index (χ3n) is 5.54. The zero-order valence-electron chi connectivity index (χ0n) is 16.2. The number of anilines is 1. The molecule has 1 aromatic rings. The molecule has 3 rings (SSSR count). The molecule has 0 saturated carbocycles. The van der Waals surface area contributed by atoms with Gasteiger partial charge in [0.1, 0.15) is 0 Å². The molecule has 5 nitrogen and oxygen atoms in total. The number of aryl methyl sites for hydroxylation is 1. The first-order valence-electron chi connectivity index (χ1n) is 9.86. The third kappa shape index (κ3) is 4.92. The highest BCUT2D eigenvalue weighted by molar-refractivity contribution is 5.68. The Morgan fingerprint density at radius 3 is 2.77 bits per heavy atom. The summed E-state index contributed by atoms with van der Waals surface area (Å²) in [7, 11) is 1.81. The van der Waals surface area contributed by atoms with Crippen LogP contribution in [0.5, 0.6) is 0 Å². The highest BCUT2D eigenvalue weighted by Crippen LogP contribution is 2.25. The second-order valence-corrected chi connectivity index (χ2v) is 7.42. The molecule has 2 heterocycles. The predicted molar refractivity (Wildman–Crippen MR) is 107 cm³/mol. The topological polar surface area (TPSA) is 59.8 Å². The fourth-order valence-corrected chi connectivity index (χ4v) is 3.86. The van der Waals surface area contributed by atoms with Crippen molar-refractivity contribution in [3.8, 4) is 0 Å². The molecule has 0 aromatic heterocycles. The van der Waals surface area contributed by atoms with Crippen molar-refractivity contribution in [2.75, 3.05) is 38.3 Å². The average molecular weight is 360 g/mol. The maximum Gasteiger partial charge on any atom is 0.0747 e. The van der Waals surface area contributed by atoms with Gasteiger partial charge in [-0.05, 0) is 56.7 Å². The summed E-state index contributed by atoms with van der Waals surface area (Å²) < 4.78 is 11.2. The summed E-state index contributed by atoms with van der Waals surface area (Å²) in [4.78, 5) is 2.44. The van der Waals surface area contributed by atoms with Gasteiger partial charge in [0.05, 0.1) is 17.9 Å². The molecule has 0 aliphatic carbocycles. The van der Waals surface area contributed by atoms with Gasteiger partial charge in [-0.1, -0.05) is 6.07 Å². The van der Waals surface area contributed by atoms with Crippen LogP contribution < -0.4 is 16.0 Å². The van der Waals surface area contributed by atoms with Gasteiger partial charge in [-0.25, -0.2) is 0 Å². The van der Waals surface area contributed by atoms with Crippen molar-refractivity contribution in [2.45, 2.75) is 51.2 Å². The normalized spacial score (nSPS) is 22.5. The molecule has 1 atom stereocenters. The lowest BCUT2D eigenvalue weighted by atomic mass is 10.0. The van der Waals surface area contributed by atoms with E-state index in [2.05, 4.69) is 35.3 Å². The van der Waals surface area contributed by atoms with Crippen molar-refractivity contribution in [3.05, 3.63) is 35.5 Å². The summed E-state index contributed by atoms with van der Waals surface area (Å²) in [5.74, 6) is 0. The van der Waals surface area contributed by atoms with Gasteiger partial charge in [-0.2, -0.15) is 0 Å². The first-order valence-corrected chi connectivity index (χ1v) is 9.86. The Hall–Kier alpha value is -1.72.